The molecule has 0 spiro atoms. The molecule has 6 nitrogen and oxygen atoms in total. The molecule has 0 unspecified atom stereocenters. The van der Waals surface area contributed by atoms with Crippen LogP contribution in [0.4, 0.5) is 11.4 Å². The number of rotatable bonds is 2. The first-order valence-electron chi connectivity index (χ1n) is 8.02. The van der Waals surface area contributed by atoms with Gasteiger partial charge >= 0.3 is 0 Å². The van der Waals surface area contributed by atoms with E-state index in [-0.39, 0.29) is 0 Å². The normalized spacial score (nSPS) is 14.2. The summed E-state index contributed by atoms with van der Waals surface area (Å²) in [7, 11) is 0. The molecule has 122 valence electrons. The summed E-state index contributed by atoms with van der Waals surface area (Å²) in [6, 6.07) is 9.65. The summed E-state index contributed by atoms with van der Waals surface area (Å²) in [5, 5.41) is 10.1. The van der Waals surface area contributed by atoms with Crippen LogP contribution in [-0.4, -0.2) is 36.3 Å². The summed E-state index contributed by atoms with van der Waals surface area (Å²) in [5.74, 6) is 0. The number of aromatic amines is 1. The van der Waals surface area contributed by atoms with E-state index in [2.05, 4.69) is 25.8 Å². The molecule has 1 N–H and O–H groups in total. The Kier molecular flexibility index (Phi) is 3.81. The molecule has 3 aromatic rings. The number of benzene rings is 1. The van der Waals surface area contributed by atoms with Gasteiger partial charge < -0.3 is 14.6 Å². The zero-order valence-corrected chi connectivity index (χ0v) is 13.5. The Morgan fingerprint density at radius 1 is 1.32 bits per heavy atom. The first-order chi connectivity index (χ1) is 12.3. The molecule has 1 aromatic carbocycles. The Morgan fingerprint density at radius 3 is 2.92 bits per heavy atom. The van der Waals surface area contributed by atoms with Gasteiger partial charge in [0, 0.05) is 36.4 Å². The number of nitriles is 1. The van der Waals surface area contributed by atoms with Gasteiger partial charge in [-0.1, -0.05) is 12.1 Å². The molecule has 1 aliphatic heterocycles. The van der Waals surface area contributed by atoms with Crippen molar-refractivity contribution in [3.63, 3.8) is 0 Å². The fourth-order valence-corrected chi connectivity index (χ4v) is 3.24. The van der Waals surface area contributed by atoms with E-state index in [0.29, 0.717) is 24.5 Å². The van der Waals surface area contributed by atoms with Crippen molar-refractivity contribution in [1.29, 1.82) is 5.26 Å². The van der Waals surface area contributed by atoms with Gasteiger partial charge in [-0.05, 0) is 17.7 Å². The van der Waals surface area contributed by atoms with Gasteiger partial charge in [0.15, 0.2) is 0 Å². The molecule has 1 fully saturated rings. The van der Waals surface area contributed by atoms with Crippen LogP contribution in [0, 0.1) is 17.9 Å². The summed E-state index contributed by atoms with van der Waals surface area (Å²) in [6.45, 7) is 10.3. The van der Waals surface area contributed by atoms with E-state index in [4.69, 9.17) is 11.3 Å². The highest BCUT2D eigenvalue weighted by Crippen LogP contribution is 2.41. The fraction of sp³-hybridized carbons (Fsp3) is 0.211. The van der Waals surface area contributed by atoms with Crippen LogP contribution in [0.1, 0.15) is 5.56 Å². The van der Waals surface area contributed by atoms with E-state index in [1.54, 1.807) is 12.3 Å². The first kappa shape index (κ1) is 15.2. The monoisotopic (exact) mass is 329 g/mol. The maximum atomic E-state index is 9.18. The molecule has 1 saturated heterocycles. The molecular weight excluding hydrogens is 314 g/mol. The van der Waals surface area contributed by atoms with Crippen molar-refractivity contribution in [2.24, 2.45) is 0 Å². The van der Waals surface area contributed by atoms with Crippen molar-refractivity contribution >= 4 is 22.4 Å². The van der Waals surface area contributed by atoms with Gasteiger partial charge in [-0.15, -0.1) is 0 Å². The summed E-state index contributed by atoms with van der Waals surface area (Å²) in [6.07, 6.45) is 3.51. The molecule has 4 rings (SSSR count). The van der Waals surface area contributed by atoms with E-state index < -0.39 is 0 Å². The molecule has 0 saturated carbocycles. The number of pyridine rings is 1. The van der Waals surface area contributed by atoms with Crippen molar-refractivity contribution in [1.82, 2.24) is 9.97 Å². The highest BCUT2D eigenvalue weighted by atomic mass is 16.5. The average molecular weight is 329 g/mol. The standard InChI is InChI=1S/C19H15N5O/c1-21-16-12-23-19-17(18(16)24-5-7-25-8-6-24)15(11-22-19)14-4-2-3-13(9-14)10-20/h2-4,9,11-12H,5-8H2,(H,22,23). The van der Waals surface area contributed by atoms with E-state index in [1.165, 1.54) is 0 Å². The summed E-state index contributed by atoms with van der Waals surface area (Å²) >= 11 is 0. The number of nitrogens with one attached hydrogen (secondary N) is 1. The number of H-pyrrole nitrogens is 1. The lowest BCUT2D eigenvalue weighted by Crippen LogP contribution is -2.36. The molecule has 3 heterocycles. The van der Waals surface area contributed by atoms with Gasteiger partial charge in [-0.3, -0.25) is 0 Å². The second kappa shape index (κ2) is 6.27. The summed E-state index contributed by atoms with van der Waals surface area (Å²) in [5.41, 5.74) is 4.66. The van der Waals surface area contributed by atoms with Crippen molar-refractivity contribution in [3.05, 3.63) is 53.6 Å². The highest BCUT2D eigenvalue weighted by Gasteiger charge is 2.22. The van der Waals surface area contributed by atoms with Crippen LogP contribution in [0.5, 0.6) is 0 Å². The summed E-state index contributed by atoms with van der Waals surface area (Å²) in [4.78, 5) is 13.5. The third-order valence-electron chi connectivity index (χ3n) is 4.41. The smallest absolute Gasteiger partial charge is 0.228 e. The van der Waals surface area contributed by atoms with Crippen LogP contribution < -0.4 is 4.90 Å². The molecule has 0 bridgehead atoms. The zero-order chi connectivity index (χ0) is 17.2. The molecule has 1 aliphatic rings. The lowest BCUT2D eigenvalue weighted by atomic mass is 10.0. The van der Waals surface area contributed by atoms with Gasteiger partial charge in [0.05, 0.1) is 37.1 Å². The number of morpholine rings is 1. The van der Waals surface area contributed by atoms with E-state index >= 15 is 0 Å². The van der Waals surface area contributed by atoms with Gasteiger partial charge in [-0.25, -0.2) is 9.83 Å². The molecule has 0 amide bonds. The minimum Gasteiger partial charge on any atom is -0.378 e. The third kappa shape index (κ3) is 2.59. The fourth-order valence-electron chi connectivity index (χ4n) is 3.24. The lowest BCUT2D eigenvalue weighted by molar-refractivity contribution is 0.123. The Bertz CT molecular complexity index is 1020. The molecule has 0 atom stereocenters. The molecule has 0 aliphatic carbocycles. The third-order valence-corrected chi connectivity index (χ3v) is 4.41. The number of ether oxygens (including phenoxy) is 1. The Balaban J connectivity index is 1.97. The van der Waals surface area contributed by atoms with Crippen molar-refractivity contribution in [2.45, 2.75) is 0 Å². The van der Waals surface area contributed by atoms with Gasteiger partial charge in [-0.2, -0.15) is 5.26 Å². The van der Waals surface area contributed by atoms with Crippen LogP contribution in [0.3, 0.4) is 0 Å². The summed E-state index contributed by atoms with van der Waals surface area (Å²) < 4.78 is 5.45. The second-order valence-corrected chi connectivity index (χ2v) is 5.82. The van der Waals surface area contributed by atoms with Crippen LogP contribution in [0.25, 0.3) is 27.0 Å². The maximum Gasteiger partial charge on any atom is 0.228 e. The Labute approximate surface area is 145 Å². The van der Waals surface area contributed by atoms with E-state index in [0.717, 1.165) is 40.9 Å². The first-order valence-corrected chi connectivity index (χ1v) is 8.02. The van der Waals surface area contributed by atoms with E-state index in [1.807, 2.05) is 24.4 Å². The number of fused-ring (bicyclic) bond motifs is 1. The molecule has 25 heavy (non-hydrogen) atoms. The number of nitrogens with zero attached hydrogens (tertiary/aromatic N) is 4. The zero-order valence-electron chi connectivity index (χ0n) is 13.5. The van der Waals surface area contributed by atoms with Gasteiger partial charge in [0.1, 0.15) is 5.65 Å². The molecular formula is C19H15N5O. The van der Waals surface area contributed by atoms with E-state index in [9.17, 15) is 5.26 Å². The van der Waals surface area contributed by atoms with Gasteiger partial charge in [0.25, 0.3) is 0 Å². The topological polar surface area (TPSA) is 69.3 Å². The maximum absolute atomic E-state index is 9.18. The predicted molar refractivity (Wildman–Crippen MR) is 95.5 cm³/mol. The lowest BCUT2D eigenvalue weighted by Gasteiger charge is -2.30. The van der Waals surface area contributed by atoms with Crippen LogP contribution in [0.15, 0.2) is 36.7 Å². The van der Waals surface area contributed by atoms with Crippen LogP contribution in [0.2, 0.25) is 0 Å². The number of aromatic nitrogens is 2. The Morgan fingerprint density at radius 2 is 2.16 bits per heavy atom. The van der Waals surface area contributed by atoms with Gasteiger partial charge in [0.2, 0.25) is 5.69 Å². The number of anilines is 1. The minimum absolute atomic E-state index is 0.534. The average Bonchev–Trinajstić information content (AvgIpc) is 3.12. The van der Waals surface area contributed by atoms with Crippen molar-refractivity contribution in [2.75, 3.05) is 31.2 Å². The predicted octanol–water partition coefficient (Wildman–Crippen LogP) is 3.49. The molecule has 2 aromatic heterocycles. The SMILES string of the molecule is [C-]#[N+]c1cnc2[nH]cc(-c3cccc(C#N)c3)c2c1N1CCOCC1. The number of hydrogen-bond acceptors (Lipinski definition) is 4. The van der Waals surface area contributed by atoms with Crippen molar-refractivity contribution < 1.29 is 4.74 Å². The minimum atomic E-state index is 0.534. The second-order valence-electron chi connectivity index (χ2n) is 5.82. The largest absolute Gasteiger partial charge is 0.378 e. The van der Waals surface area contributed by atoms with Crippen LogP contribution >= 0.6 is 0 Å². The Hall–Kier alpha value is -3.35. The quantitative estimate of drug-likeness (QED) is 0.731. The highest BCUT2D eigenvalue weighted by molar-refractivity contribution is 6.07. The number of hydrogen-bond donors (Lipinski definition) is 1. The van der Waals surface area contributed by atoms with Crippen molar-refractivity contribution in [3.8, 4) is 17.2 Å². The van der Waals surface area contributed by atoms with Crippen LogP contribution in [-0.2, 0) is 4.74 Å². The molecule has 6 heteroatoms. The molecule has 0 radical (unpaired) electrons.